The number of para-hydroxylation sites is 1. The molecular weight excluding hydrogens is 374 g/mol. The van der Waals surface area contributed by atoms with Crippen molar-refractivity contribution in [3.8, 4) is 0 Å². The average molecular weight is 398 g/mol. The van der Waals surface area contributed by atoms with E-state index in [2.05, 4.69) is 4.98 Å². The van der Waals surface area contributed by atoms with Crippen LogP contribution in [0.3, 0.4) is 0 Å². The van der Waals surface area contributed by atoms with Gasteiger partial charge in [-0.3, -0.25) is 9.36 Å². The second-order valence-corrected chi connectivity index (χ2v) is 9.24. The van der Waals surface area contributed by atoms with Crippen molar-refractivity contribution in [2.24, 2.45) is 0 Å². The predicted molar refractivity (Wildman–Crippen MR) is 109 cm³/mol. The van der Waals surface area contributed by atoms with Gasteiger partial charge in [0.05, 0.1) is 22.1 Å². The van der Waals surface area contributed by atoms with E-state index in [1.165, 1.54) is 4.31 Å². The lowest BCUT2D eigenvalue weighted by molar-refractivity contribution is 0.269. The fourth-order valence-electron chi connectivity index (χ4n) is 3.92. The highest BCUT2D eigenvalue weighted by Crippen LogP contribution is 2.27. The number of aryl methyl sites for hydroxylation is 2. The Balaban J connectivity index is 1.58. The van der Waals surface area contributed by atoms with Gasteiger partial charge in [0.1, 0.15) is 0 Å². The monoisotopic (exact) mass is 397 g/mol. The fourth-order valence-corrected chi connectivity index (χ4v) is 5.62. The molecule has 6 nitrogen and oxygen atoms in total. The molecule has 0 spiro atoms. The Morgan fingerprint density at radius 2 is 1.64 bits per heavy atom. The molecule has 2 heterocycles. The van der Waals surface area contributed by atoms with E-state index in [1.807, 2.05) is 38.1 Å². The summed E-state index contributed by atoms with van der Waals surface area (Å²) in [6, 6.07) is 12.6. The predicted octanol–water partition coefficient (Wildman–Crippen LogP) is 3.04. The standard InChI is InChI=1S/C21H23N3O3S/c1-15-6-3-4-9-19(15)28(26,27)23-12-10-17(11-13-23)24-14-22-20-16(2)7-5-8-18(20)21(24)25/h3-9,14,17H,10-13H2,1-2H3. The highest BCUT2D eigenvalue weighted by atomic mass is 32.2. The van der Waals surface area contributed by atoms with Crippen LogP contribution in [-0.4, -0.2) is 35.4 Å². The Morgan fingerprint density at radius 3 is 2.36 bits per heavy atom. The molecule has 0 atom stereocenters. The highest BCUT2D eigenvalue weighted by Gasteiger charge is 2.31. The van der Waals surface area contributed by atoms with Gasteiger partial charge in [-0.1, -0.05) is 30.3 Å². The number of hydrogen-bond donors (Lipinski definition) is 0. The Hall–Kier alpha value is -2.51. The van der Waals surface area contributed by atoms with Crippen molar-refractivity contribution in [3.63, 3.8) is 0 Å². The molecule has 1 aromatic heterocycles. The molecule has 7 heteroatoms. The summed E-state index contributed by atoms with van der Waals surface area (Å²) in [5, 5.41) is 0.609. The van der Waals surface area contributed by atoms with E-state index in [-0.39, 0.29) is 11.6 Å². The molecule has 0 amide bonds. The smallest absolute Gasteiger partial charge is 0.261 e. The van der Waals surface area contributed by atoms with Crippen molar-refractivity contribution < 1.29 is 8.42 Å². The van der Waals surface area contributed by atoms with Gasteiger partial charge in [-0.05, 0) is 49.9 Å². The summed E-state index contributed by atoms with van der Waals surface area (Å²) >= 11 is 0. The van der Waals surface area contributed by atoms with Crippen LogP contribution in [0.2, 0.25) is 0 Å². The number of sulfonamides is 1. The molecular formula is C21H23N3O3S. The largest absolute Gasteiger partial charge is 0.296 e. The van der Waals surface area contributed by atoms with Gasteiger partial charge in [-0.2, -0.15) is 4.31 Å². The summed E-state index contributed by atoms with van der Waals surface area (Å²) in [6.45, 7) is 4.52. The van der Waals surface area contributed by atoms with Crippen molar-refractivity contribution in [2.45, 2.75) is 37.6 Å². The molecule has 28 heavy (non-hydrogen) atoms. The topological polar surface area (TPSA) is 72.3 Å². The summed E-state index contributed by atoms with van der Waals surface area (Å²) < 4.78 is 29.1. The number of piperidine rings is 1. The van der Waals surface area contributed by atoms with E-state index in [4.69, 9.17) is 0 Å². The maximum atomic E-state index is 13.0. The molecule has 3 aromatic rings. The molecule has 1 aliphatic heterocycles. The van der Waals surface area contributed by atoms with Gasteiger partial charge in [0.15, 0.2) is 0 Å². The average Bonchev–Trinajstić information content (AvgIpc) is 2.69. The molecule has 146 valence electrons. The van der Waals surface area contributed by atoms with Crippen LogP contribution in [0.25, 0.3) is 10.9 Å². The van der Waals surface area contributed by atoms with Crippen molar-refractivity contribution in [1.82, 2.24) is 13.9 Å². The number of rotatable bonds is 3. The van der Waals surface area contributed by atoms with Crippen LogP contribution >= 0.6 is 0 Å². The summed E-state index contributed by atoms with van der Waals surface area (Å²) in [5.41, 5.74) is 2.38. The molecule has 4 rings (SSSR count). The summed E-state index contributed by atoms with van der Waals surface area (Å²) in [6.07, 6.45) is 2.78. The first-order valence-electron chi connectivity index (χ1n) is 9.42. The Morgan fingerprint density at radius 1 is 0.964 bits per heavy atom. The summed E-state index contributed by atoms with van der Waals surface area (Å²) in [7, 11) is -3.52. The van der Waals surface area contributed by atoms with E-state index in [0.29, 0.717) is 36.2 Å². The molecule has 1 fully saturated rings. The van der Waals surface area contributed by atoms with Crippen LogP contribution in [0.15, 0.2) is 58.5 Å². The molecule has 0 unspecified atom stereocenters. The van der Waals surface area contributed by atoms with E-state index in [1.54, 1.807) is 29.1 Å². The summed E-state index contributed by atoms with van der Waals surface area (Å²) in [4.78, 5) is 17.7. The van der Waals surface area contributed by atoms with Crippen LogP contribution in [0.1, 0.15) is 30.0 Å². The van der Waals surface area contributed by atoms with Gasteiger partial charge >= 0.3 is 0 Å². The zero-order chi connectivity index (χ0) is 19.9. The Kier molecular flexibility index (Phi) is 4.81. The lowest BCUT2D eigenvalue weighted by Gasteiger charge is -2.32. The van der Waals surface area contributed by atoms with Crippen LogP contribution in [0.5, 0.6) is 0 Å². The molecule has 0 aliphatic carbocycles. The summed E-state index contributed by atoms with van der Waals surface area (Å²) in [5.74, 6) is 0. The van der Waals surface area contributed by atoms with E-state index >= 15 is 0 Å². The number of fused-ring (bicyclic) bond motifs is 1. The first kappa shape index (κ1) is 18.8. The van der Waals surface area contributed by atoms with Crippen LogP contribution in [-0.2, 0) is 10.0 Å². The zero-order valence-corrected chi connectivity index (χ0v) is 16.8. The lowest BCUT2D eigenvalue weighted by Crippen LogP contribution is -2.41. The van der Waals surface area contributed by atoms with E-state index in [0.717, 1.165) is 16.6 Å². The number of hydrogen-bond acceptors (Lipinski definition) is 4. The van der Waals surface area contributed by atoms with Gasteiger partial charge in [0.2, 0.25) is 10.0 Å². The minimum absolute atomic E-state index is 0.0479. The third-order valence-electron chi connectivity index (χ3n) is 5.54. The van der Waals surface area contributed by atoms with Gasteiger partial charge in [-0.15, -0.1) is 0 Å². The van der Waals surface area contributed by atoms with Crippen molar-refractivity contribution in [2.75, 3.05) is 13.1 Å². The lowest BCUT2D eigenvalue weighted by atomic mass is 10.1. The molecule has 0 saturated carbocycles. The molecule has 1 aliphatic rings. The second-order valence-electron chi connectivity index (χ2n) is 7.33. The van der Waals surface area contributed by atoms with Crippen LogP contribution < -0.4 is 5.56 Å². The van der Waals surface area contributed by atoms with Crippen molar-refractivity contribution >= 4 is 20.9 Å². The third kappa shape index (κ3) is 3.14. The van der Waals surface area contributed by atoms with Gasteiger partial charge in [0, 0.05) is 19.1 Å². The van der Waals surface area contributed by atoms with E-state index in [9.17, 15) is 13.2 Å². The van der Waals surface area contributed by atoms with E-state index < -0.39 is 10.0 Å². The first-order chi connectivity index (χ1) is 13.4. The van der Waals surface area contributed by atoms with Crippen molar-refractivity contribution in [1.29, 1.82) is 0 Å². The zero-order valence-electron chi connectivity index (χ0n) is 16.0. The third-order valence-corrected chi connectivity index (χ3v) is 7.60. The fraction of sp³-hybridized carbons (Fsp3) is 0.333. The Bertz CT molecular complexity index is 1190. The highest BCUT2D eigenvalue weighted by molar-refractivity contribution is 7.89. The van der Waals surface area contributed by atoms with Crippen LogP contribution in [0.4, 0.5) is 0 Å². The maximum Gasteiger partial charge on any atom is 0.261 e. The minimum atomic E-state index is -3.52. The first-order valence-corrected chi connectivity index (χ1v) is 10.9. The SMILES string of the molecule is Cc1ccccc1S(=O)(=O)N1CCC(n2cnc3c(C)cccc3c2=O)CC1. The number of benzene rings is 2. The second kappa shape index (κ2) is 7.14. The molecule has 0 N–H and O–H groups in total. The van der Waals surface area contributed by atoms with Crippen molar-refractivity contribution in [3.05, 3.63) is 70.3 Å². The molecule has 0 bridgehead atoms. The van der Waals surface area contributed by atoms with Crippen LogP contribution in [0, 0.1) is 13.8 Å². The Labute approximate surface area is 164 Å². The van der Waals surface area contributed by atoms with Gasteiger partial charge in [0.25, 0.3) is 5.56 Å². The normalized spacial score (nSPS) is 16.5. The molecule has 0 radical (unpaired) electrons. The maximum absolute atomic E-state index is 13.0. The molecule has 1 saturated heterocycles. The van der Waals surface area contributed by atoms with Gasteiger partial charge < -0.3 is 0 Å². The number of aromatic nitrogens is 2. The molecule has 2 aromatic carbocycles. The van der Waals surface area contributed by atoms with Gasteiger partial charge in [-0.25, -0.2) is 13.4 Å². The minimum Gasteiger partial charge on any atom is -0.296 e. The quantitative estimate of drug-likeness (QED) is 0.681. The number of nitrogens with zero attached hydrogens (tertiary/aromatic N) is 3.